The van der Waals surface area contributed by atoms with Crippen LogP contribution < -0.4 is 5.32 Å². The Morgan fingerprint density at radius 2 is 1.77 bits per heavy atom. The molecule has 4 aromatic rings. The molecule has 0 amide bonds. The molecule has 2 aromatic carbocycles. The number of nitrogens with zero attached hydrogens (tertiary/aromatic N) is 4. The van der Waals surface area contributed by atoms with Crippen molar-refractivity contribution in [1.82, 2.24) is 15.0 Å². The molecule has 0 bridgehead atoms. The monoisotopic (exact) mass is 343 g/mol. The average Bonchev–Trinajstić information content (AvgIpc) is 2.69. The molecular formula is C19H13N5O2. The maximum Gasteiger partial charge on any atom is 0.271 e. The van der Waals surface area contributed by atoms with E-state index >= 15 is 0 Å². The van der Waals surface area contributed by atoms with Crippen molar-refractivity contribution in [2.75, 3.05) is 5.32 Å². The van der Waals surface area contributed by atoms with Crippen molar-refractivity contribution in [2.45, 2.75) is 0 Å². The fourth-order valence-corrected chi connectivity index (χ4v) is 2.62. The van der Waals surface area contributed by atoms with Crippen LogP contribution in [-0.4, -0.2) is 19.9 Å². The molecule has 0 saturated heterocycles. The van der Waals surface area contributed by atoms with Gasteiger partial charge in [0, 0.05) is 29.4 Å². The number of hydrogen-bond acceptors (Lipinski definition) is 6. The molecule has 0 aliphatic carbocycles. The van der Waals surface area contributed by atoms with Crippen LogP contribution in [-0.2, 0) is 0 Å². The minimum absolute atomic E-state index is 0.0123. The Morgan fingerprint density at radius 3 is 2.58 bits per heavy atom. The lowest BCUT2D eigenvalue weighted by Crippen LogP contribution is -2.00. The topological polar surface area (TPSA) is 93.8 Å². The van der Waals surface area contributed by atoms with E-state index in [1.54, 1.807) is 18.3 Å². The van der Waals surface area contributed by atoms with Crippen LogP contribution in [0.5, 0.6) is 0 Å². The van der Waals surface area contributed by atoms with Crippen LogP contribution in [0, 0.1) is 10.1 Å². The number of nitro groups is 1. The minimum atomic E-state index is -0.428. The molecule has 2 aromatic heterocycles. The third-order valence-corrected chi connectivity index (χ3v) is 3.82. The van der Waals surface area contributed by atoms with Gasteiger partial charge in [-0.1, -0.05) is 24.3 Å². The smallest absolute Gasteiger partial charge is 0.271 e. The maximum absolute atomic E-state index is 11.0. The lowest BCUT2D eigenvalue weighted by atomic mass is 10.2. The van der Waals surface area contributed by atoms with E-state index < -0.39 is 4.92 Å². The van der Waals surface area contributed by atoms with Gasteiger partial charge in [-0.2, -0.15) is 0 Å². The van der Waals surface area contributed by atoms with Crippen molar-refractivity contribution >= 4 is 28.1 Å². The minimum Gasteiger partial charge on any atom is -0.339 e. The summed E-state index contributed by atoms with van der Waals surface area (Å²) in [6.07, 6.45) is 1.68. The molecule has 7 heteroatoms. The normalized spacial score (nSPS) is 10.6. The molecule has 2 heterocycles. The molecular weight excluding hydrogens is 330 g/mol. The zero-order valence-electron chi connectivity index (χ0n) is 13.5. The first kappa shape index (κ1) is 15.6. The van der Waals surface area contributed by atoms with Crippen LogP contribution in [0.4, 0.5) is 17.2 Å². The molecule has 4 rings (SSSR count). The molecule has 0 saturated carbocycles. The van der Waals surface area contributed by atoms with Crippen molar-refractivity contribution in [3.63, 3.8) is 0 Å². The second kappa shape index (κ2) is 6.56. The summed E-state index contributed by atoms with van der Waals surface area (Å²) in [5.41, 5.74) is 2.00. The summed E-state index contributed by atoms with van der Waals surface area (Å²) in [5, 5.41) is 15.0. The number of aromatic nitrogens is 3. The van der Waals surface area contributed by atoms with Gasteiger partial charge in [0.15, 0.2) is 5.82 Å². The van der Waals surface area contributed by atoms with Crippen LogP contribution >= 0.6 is 0 Å². The van der Waals surface area contributed by atoms with Gasteiger partial charge in [0.25, 0.3) is 5.69 Å². The number of nitrogens with one attached hydrogen (secondary N) is 1. The number of hydrogen-bond donors (Lipinski definition) is 1. The molecule has 0 radical (unpaired) electrons. The van der Waals surface area contributed by atoms with Gasteiger partial charge in [-0.3, -0.25) is 15.1 Å². The van der Waals surface area contributed by atoms with Gasteiger partial charge in [0.05, 0.1) is 10.4 Å². The van der Waals surface area contributed by atoms with Gasteiger partial charge in [0.1, 0.15) is 11.5 Å². The molecule has 0 atom stereocenters. The number of anilines is 2. The number of fused-ring (bicyclic) bond motifs is 1. The summed E-state index contributed by atoms with van der Waals surface area (Å²) in [6.45, 7) is 0. The highest BCUT2D eigenvalue weighted by Crippen LogP contribution is 2.27. The molecule has 0 aliphatic heterocycles. The second-order valence-corrected chi connectivity index (χ2v) is 5.56. The number of para-hydroxylation sites is 1. The van der Waals surface area contributed by atoms with E-state index in [2.05, 4.69) is 20.3 Å². The van der Waals surface area contributed by atoms with Gasteiger partial charge in [-0.25, -0.2) is 9.97 Å². The summed E-state index contributed by atoms with van der Waals surface area (Å²) in [7, 11) is 0. The molecule has 1 N–H and O–H groups in total. The molecule has 7 nitrogen and oxygen atoms in total. The van der Waals surface area contributed by atoms with Crippen LogP contribution in [0.15, 0.2) is 72.9 Å². The fourth-order valence-electron chi connectivity index (χ4n) is 2.62. The molecule has 0 aliphatic rings. The summed E-state index contributed by atoms with van der Waals surface area (Å²) in [5.74, 6) is 1.05. The third-order valence-electron chi connectivity index (χ3n) is 3.82. The SMILES string of the molecule is O=[N+]([O-])c1cccc(Nc2nc(-c3ccccn3)nc3ccccc23)c1. The first-order chi connectivity index (χ1) is 12.7. The van der Waals surface area contributed by atoms with E-state index in [1.807, 2.05) is 42.5 Å². The molecule has 26 heavy (non-hydrogen) atoms. The average molecular weight is 343 g/mol. The van der Waals surface area contributed by atoms with Gasteiger partial charge in [-0.15, -0.1) is 0 Å². The number of benzene rings is 2. The highest BCUT2D eigenvalue weighted by molar-refractivity contribution is 5.92. The van der Waals surface area contributed by atoms with Crippen LogP contribution in [0.3, 0.4) is 0 Å². The lowest BCUT2D eigenvalue weighted by molar-refractivity contribution is -0.384. The Balaban J connectivity index is 1.83. The van der Waals surface area contributed by atoms with Gasteiger partial charge in [0.2, 0.25) is 0 Å². The highest BCUT2D eigenvalue weighted by atomic mass is 16.6. The number of rotatable bonds is 4. The van der Waals surface area contributed by atoms with Crippen molar-refractivity contribution in [2.24, 2.45) is 0 Å². The van der Waals surface area contributed by atoms with E-state index in [4.69, 9.17) is 0 Å². The zero-order chi connectivity index (χ0) is 17.9. The summed E-state index contributed by atoms with van der Waals surface area (Å²) >= 11 is 0. The quantitative estimate of drug-likeness (QED) is 0.437. The summed E-state index contributed by atoms with van der Waals surface area (Å²) < 4.78 is 0. The van der Waals surface area contributed by atoms with Gasteiger partial charge < -0.3 is 5.32 Å². The Kier molecular flexibility index (Phi) is 3.95. The predicted molar refractivity (Wildman–Crippen MR) is 99.1 cm³/mol. The Labute approximate surface area is 148 Å². The van der Waals surface area contributed by atoms with Crippen LogP contribution in [0.1, 0.15) is 0 Å². The first-order valence-electron chi connectivity index (χ1n) is 7.90. The van der Waals surface area contributed by atoms with Crippen LogP contribution in [0.2, 0.25) is 0 Å². The molecule has 0 fully saturated rings. The number of non-ortho nitro benzene ring substituents is 1. The van der Waals surface area contributed by atoms with E-state index in [1.165, 1.54) is 12.1 Å². The number of nitro benzene ring substituents is 1. The maximum atomic E-state index is 11.0. The molecule has 0 spiro atoms. The standard InChI is InChI=1S/C19H13N5O2/c25-24(26)14-7-5-6-13(12-14)21-18-15-8-1-2-9-16(15)22-19(23-18)17-10-3-4-11-20-17/h1-12H,(H,21,22,23). The van der Waals surface area contributed by atoms with Gasteiger partial charge in [-0.05, 0) is 30.3 Å². The van der Waals surface area contributed by atoms with Crippen molar-refractivity contribution in [3.8, 4) is 11.5 Å². The van der Waals surface area contributed by atoms with E-state index in [9.17, 15) is 10.1 Å². The van der Waals surface area contributed by atoms with Crippen molar-refractivity contribution < 1.29 is 4.92 Å². The largest absolute Gasteiger partial charge is 0.339 e. The van der Waals surface area contributed by atoms with Gasteiger partial charge >= 0.3 is 0 Å². The zero-order valence-corrected chi connectivity index (χ0v) is 13.5. The Hall–Kier alpha value is -3.87. The van der Waals surface area contributed by atoms with E-state index in [-0.39, 0.29) is 5.69 Å². The summed E-state index contributed by atoms with van der Waals surface area (Å²) in [6, 6.07) is 19.4. The molecule has 126 valence electrons. The predicted octanol–water partition coefficient (Wildman–Crippen LogP) is 4.34. The first-order valence-corrected chi connectivity index (χ1v) is 7.90. The Bertz CT molecular complexity index is 1100. The molecule has 0 unspecified atom stereocenters. The third kappa shape index (κ3) is 3.05. The fraction of sp³-hybridized carbons (Fsp3) is 0. The van der Waals surface area contributed by atoms with E-state index in [0.29, 0.717) is 23.0 Å². The highest BCUT2D eigenvalue weighted by Gasteiger charge is 2.12. The second-order valence-electron chi connectivity index (χ2n) is 5.56. The summed E-state index contributed by atoms with van der Waals surface area (Å²) in [4.78, 5) is 24.0. The van der Waals surface area contributed by atoms with Crippen LogP contribution in [0.25, 0.3) is 22.4 Å². The Morgan fingerprint density at radius 1 is 0.923 bits per heavy atom. The number of pyridine rings is 1. The van der Waals surface area contributed by atoms with Crippen molar-refractivity contribution in [3.05, 3.63) is 83.0 Å². The van der Waals surface area contributed by atoms with E-state index in [0.717, 1.165) is 10.9 Å². The lowest BCUT2D eigenvalue weighted by Gasteiger charge is -2.10. The van der Waals surface area contributed by atoms with Crippen molar-refractivity contribution in [1.29, 1.82) is 0 Å².